The Bertz CT molecular complexity index is 347. The standard InChI is InChI=1S/C17H34N4O/c1-14(2)7-5-6-10-20-17(19-4)21-11-8-15(9-12-21)13-16(22)18-3/h14-15H,5-13H2,1-4H3,(H,18,22)(H,19,20). The van der Waals surface area contributed by atoms with Crippen LogP contribution in [0.15, 0.2) is 4.99 Å². The number of likely N-dealkylation sites (tertiary alicyclic amines) is 1. The maximum Gasteiger partial charge on any atom is 0.220 e. The van der Waals surface area contributed by atoms with Crippen molar-refractivity contribution in [1.29, 1.82) is 0 Å². The van der Waals surface area contributed by atoms with Crippen molar-refractivity contribution < 1.29 is 4.79 Å². The molecule has 128 valence electrons. The van der Waals surface area contributed by atoms with Gasteiger partial charge in [-0.25, -0.2) is 0 Å². The fourth-order valence-corrected chi connectivity index (χ4v) is 2.92. The Morgan fingerprint density at radius 3 is 2.50 bits per heavy atom. The number of piperidine rings is 1. The molecule has 5 heteroatoms. The monoisotopic (exact) mass is 310 g/mol. The number of aliphatic imine (C=N–C) groups is 1. The molecule has 1 aliphatic rings. The second-order valence-electron chi connectivity index (χ2n) is 6.67. The number of carbonyl (C=O) groups excluding carboxylic acids is 1. The van der Waals surface area contributed by atoms with E-state index in [2.05, 4.69) is 34.4 Å². The van der Waals surface area contributed by atoms with E-state index in [1.165, 1.54) is 19.3 Å². The van der Waals surface area contributed by atoms with Gasteiger partial charge in [-0.05, 0) is 31.1 Å². The van der Waals surface area contributed by atoms with Gasteiger partial charge in [-0.15, -0.1) is 0 Å². The third-order valence-corrected chi connectivity index (χ3v) is 4.37. The van der Waals surface area contributed by atoms with Crippen molar-refractivity contribution in [2.24, 2.45) is 16.8 Å². The Labute approximate surface area is 135 Å². The average Bonchev–Trinajstić information content (AvgIpc) is 2.51. The summed E-state index contributed by atoms with van der Waals surface area (Å²) < 4.78 is 0. The molecule has 0 aromatic carbocycles. The van der Waals surface area contributed by atoms with E-state index in [9.17, 15) is 4.79 Å². The quantitative estimate of drug-likeness (QED) is 0.431. The number of hydrogen-bond acceptors (Lipinski definition) is 2. The smallest absolute Gasteiger partial charge is 0.220 e. The third-order valence-electron chi connectivity index (χ3n) is 4.37. The lowest BCUT2D eigenvalue weighted by Gasteiger charge is -2.34. The largest absolute Gasteiger partial charge is 0.359 e. The van der Waals surface area contributed by atoms with E-state index in [0.717, 1.165) is 44.4 Å². The summed E-state index contributed by atoms with van der Waals surface area (Å²) in [5.74, 6) is 2.48. The van der Waals surface area contributed by atoms with Gasteiger partial charge in [-0.3, -0.25) is 9.79 Å². The molecule has 22 heavy (non-hydrogen) atoms. The molecule has 0 bridgehead atoms. The summed E-state index contributed by atoms with van der Waals surface area (Å²) in [5.41, 5.74) is 0. The summed E-state index contributed by atoms with van der Waals surface area (Å²) in [7, 11) is 3.57. The lowest BCUT2D eigenvalue weighted by molar-refractivity contribution is -0.121. The summed E-state index contributed by atoms with van der Waals surface area (Å²) >= 11 is 0. The first-order valence-electron chi connectivity index (χ1n) is 8.73. The third kappa shape index (κ3) is 7.14. The van der Waals surface area contributed by atoms with Gasteiger partial charge in [0.1, 0.15) is 0 Å². The first-order valence-corrected chi connectivity index (χ1v) is 8.73. The molecule has 5 nitrogen and oxygen atoms in total. The van der Waals surface area contributed by atoms with Gasteiger partial charge in [0.15, 0.2) is 5.96 Å². The molecule has 0 aromatic heterocycles. The molecule has 1 aliphatic heterocycles. The Morgan fingerprint density at radius 2 is 1.95 bits per heavy atom. The predicted octanol–water partition coefficient (Wildman–Crippen LogP) is 2.24. The molecule has 0 aliphatic carbocycles. The van der Waals surface area contributed by atoms with Crippen molar-refractivity contribution in [3.8, 4) is 0 Å². The van der Waals surface area contributed by atoms with E-state index in [1.807, 2.05) is 7.05 Å². The predicted molar refractivity (Wildman–Crippen MR) is 93.0 cm³/mol. The highest BCUT2D eigenvalue weighted by molar-refractivity contribution is 5.80. The number of hydrogen-bond donors (Lipinski definition) is 2. The molecule has 1 heterocycles. The van der Waals surface area contributed by atoms with Crippen LogP contribution in [-0.4, -0.2) is 50.5 Å². The van der Waals surface area contributed by atoms with Crippen molar-refractivity contribution in [3.63, 3.8) is 0 Å². The fourth-order valence-electron chi connectivity index (χ4n) is 2.92. The van der Waals surface area contributed by atoms with Gasteiger partial charge in [0.25, 0.3) is 0 Å². The molecule has 1 rings (SSSR count). The van der Waals surface area contributed by atoms with Crippen LogP contribution in [-0.2, 0) is 4.79 Å². The van der Waals surface area contributed by atoms with Gasteiger partial charge in [0.2, 0.25) is 5.91 Å². The van der Waals surface area contributed by atoms with Crippen LogP contribution in [0.3, 0.4) is 0 Å². The van der Waals surface area contributed by atoms with Crippen LogP contribution in [0.1, 0.15) is 52.4 Å². The number of guanidine groups is 1. The molecule has 2 N–H and O–H groups in total. The Balaban J connectivity index is 2.24. The second-order valence-corrected chi connectivity index (χ2v) is 6.67. The molecule has 1 saturated heterocycles. The van der Waals surface area contributed by atoms with Crippen LogP contribution in [0.25, 0.3) is 0 Å². The van der Waals surface area contributed by atoms with E-state index >= 15 is 0 Å². The summed E-state index contributed by atoms with van der Waals surface area (Å²) in [5, 5.41) is 6.19. The van der Waals surface area contributed by atoms with Gasteiger partial charge in [0.05, 0.1) is 0 Å². The van der Waals surface area contributed by atoms with Crippen molar-refractivity contribution in [2.45, 2.75) is 52.4 Å². The summed E-state index contributed by atoms with van der Waals surface area (Å²) in [6.07, 6.45) is 6.57. The fraction of sp³-hybridized carbons (Fsp3) is 0.882. The number of rotatable bonds is 7. The first-order chi connectivity index (χ1) is 10.6. The first kappa shape index (κ1) is 18.8. The minimum atomic E-state index is 0.158. The average molecular weight is 310 g/mol. The Kier molecular flexibility index (Phi) is 8.94. The van der Waals surface area contributed by atoms with Crippen molar-refractivity contribution >= 4 is 11.9 Å². The molecule has 0 radical (unpaired) electrons. The summed E-state index contributed by atoms with van der Waals surface area (Å²) in [6.45, 7) is 7.53. The molecule has 0 saturated carbocycles. The molecule has 0 atom stereocenters. The number of carbonyl (C=O) groups is 1. The number of unbranched alkanes of at least 4 members (excludes halogenated alkanes) is 1. The van der Waals surface area contributed by atoms with E-state index < -0.39 is 0 Å². The molecule has 0 unspecified atom stereocenters. The maximum atomic E-state index is 11.4. The zero-order valence-electron chi connectivity index (χ0n) is 14.8. The molecule has 0 aromatic rings. The molecule has 1 amide bonds. The van der Waals surface area contributed by atoms with Gasteiger partial charge in [0, 0.05) is 40.2 Å². The van der Waals surface area contributed by atoms with Gasteiger partial charge in [-0.2, -0.15) is 0 Å². The van der Waals surface area contributed by atoms with E-state index in [4.69, 9.17) is 0 Å². The van der Waals surface area contributed by atoms with Gasteiger partial charge < -0.3 is 15.5 Å². The minimum absolute atomic E-state index is 0.158. The minimum Gasteiger partial charge on any atom is -0.359 e. The lowest BCUT2D eigenvalue weighted by Crippen LogP contribution is -2.46. The van der Waals surface area contributed by atoms with Gasteiger partial charge >= 0.3 is 0 Å². The summed E-state index contributed by atoms with van der Waals surface area (Å²) in [6, 6.07) is 0. The zero-order valence-corrected chi connectivity index (χ0v) is 14.8. The second kappa shape index (κ2) is 10.5. The SMILES string of the molecule is CN=C(NCCCCC(C)C)N1CCC(CC(=O)NC)CC1. The highest BCUT2D eigenvalue weighted by Crippen LogP contribution is 2.20. The molecular formula is C17H34N4O. The zero-order chi connectivity index (χ0) is 16.4. The lowest BCUT2D eigenvalue weighted by atomic mass is 9.93. The number of nitrogens with zero attached hydrogens (tertiary/aromatic N) is 2. The van der Waals surface area contributed by atoms with Crippen molar-refractivity contribution in [3.05, 3.63) is 0 Å². The molecular weight excluding hydrogens is 276 g/mol. The Hall–Kier alpha value is -1.26. The topological polar surface area (TPSA) is 56.7 Å². The Morgan fingerprint density at radius 1 is 1.27 bits per heavy atom. The maximum absolute atomic E-state index is 11.4. The van der Waals surface area contributed by atoms with Crippen LogP contribution in [0.4, 0.5) is 0 Å². The van der Waals surface area contributed by atoms with Crippen molar-refractivity contribution in [1.82, 2.24) is 15.5 Å². The number of amides is 1. The van der Waals surface area contributed by atoms with Crippen LogP contribution in [0.2, 0.25) is 0 Å². The van der Waals surface area contributed by atoms with Gasteiger partial charge in [-0.1, -0.05) is 26.7 Å². The van der Waals surface area contributed by atoms with E-state index in [0.29, 0.717) is 12.3 Å². The van der Waals surface area contributed by atoms with Crippen LogP contribution in [0.5, 0.6) is 0 Å². The summed E-state index contributed by atoms with van der Waals surface area (Å²) in [4.78, 5) is 18.2. The molecule has 0 spiro atoms. The number of nitrogens with one attached hydrogen (secondary N) is 2. The normalized spacial score (nSPS) is 17.0. The van der Waals surface area contributed by atoms with Crippen LogP contribution >= 0.6 is 0 Å². The van der Waals surface area contributed by atoms with Crippen LogP contribution < -0.4 is 10.6 Å². The molecule has 1 fully saturated rings. The van der Waals surface area contributed by atoms with Crippen molar-refractivity contribution in [2.75, 3.05) is 33.7 Å². The van der Waals surface area contributed by atoms with Crippen LogP contribution in [0, 0.1) is 11.8 Å². The van der Waals surface area contributed by atoms with E-state index in [1.54, 1.807) is 7.05 Å². The highest BCUT2D eigenvalue weighted by atomic mass is 16.1. The van der Waals surface area contributed by atoms with E-state index in [-0.39, 0.29) is 5.91 Å². The highest BCUT2D eigenvalue weighted by Gasteiger charge is 2.22.